The van der Waals surface area contributed by atoms with Gasteiger partial charge < -0.3 is 10.2 Å². The number of hydrogen-bond acceptors (Lipinski definition) is 5. The van der Waals surface area contributed by atoms with Crippen LogP contribution in [0, 0.1) is 0 Å². The second-order valence-corrected chi connectivity index (χ2v) is 9.67. The first-order valence-corrected chi connectivity index (χ1v) is 11.1. The molecular formula is C19H29ClN4OS. The van der Waals surface area contributed by atoms with Crippen LogP contribution >= 0.6 is 22.9 Å². The van der Waals surface area contributed by atoms with Crippen LogP contribution in [0.5, 0.6) is 0 Å². The minimum atomic E-state index is 0.202. The number of nitrogens with one attached hydrogen (secondary N) is 1. The Hall–Kier alpha value is -0.660. The first kappa shape index (κ1) is 18.7. The fraction of sp³-hybridized carbons (Fsp3) is 0.737. The van der Waals surface area contributed by atoms with Gasteiger partial charge in [0.15, 0.2) is 0 Å². The zero-order chi connectivity index (χ0) is 17.9. The number of rotatable bonds is 6. The molecule has 0 spiro atoms. The van der Waals surface area contributed by atoms with E-state index in [1.165, 1.54) is 17.7 Å². The molecule has 5 nitrogen and oxygen atoms in total. The van der Waals surface area contributed by atoms with Gasteiger partial charge in [0, 0.05) is 62.8 Å². The highest BCUT2D eigenvalue weighted by atomic mass is 35.5. The second kappa shape index (κ2) is 8.57. The van der Waals surface area contributed by atoms with Gasteiger partial charge >= 0.3 is 0 Å². The van der Waals surface area contributed by atoms with Gasteiger partial charge in [-0.2, -0.15) is 0 Å². The fourth-order valence-corrected chi connectivity index (χ4v) is 5.22. The Morgan fingerprint density at radius 1 is 1.04 bits per heavy atom. The third kappa shape index (κ3) is 5.20. The van der Waals surface area contributed by atoms with Gasteiger partial charge in [-0.3, -0.25) is 14.6 Å². The summed E-state index contributed by atoms with van der Waals surface area (Å²) in [5.41, 5.74) is 0. The zero-order valence-corrected chi connectivity index (χ0v) is 16.9. The van der Waals surface area contributed by atoms with Crippen molar-refractivity contribution in [3.63, 3.8) is 0 Å². The Labute approximate surface area is 165 Å². The number of amides is 1. The van der Waals surface area contributed by atoms with Crippen LogP contribution in [0.25, 0.3) is 0 Å². The third-order valence-electron chi connectivity index (χ3n) is 5.80. The predicted octanol–water partition coefficient (Wildman–Crippen LogP) is 2.26. The van der Waals surface area contributed by atoms with Crippen LogP contribution in [0.2, 0.25) is 4.34 Å². The quantitative estimate of drug-likeness (QED) is 0.800. The Balaban J connectivity index is 1.13. The predicted molar refractivity (Wildman–Crippen MR) is 107 cm³/mol. The van der Waals surface area contributed by atoms with Crippen LogP contribution in [0.3, 0.4) is 0 Å². The zero-order valence-electron chi connectivity index (χ0n) is 15.3. The highest BCUT2D eigenvalue weighted by Crippen LogP contribution is 2.29. The Morgan fingerprint density at radius 2 is 1.73 bits per heavy atom. The summed E-state index contributed by atoms with van der Waals surface area (Å²) in [6.45, 7) is 7.78. The summed E-state index contributed by atoms with van der Waals surface area (Å²) in [5, 5.41) is 3.27. The van der Waals surface area contributed by atoms with Gasteiger partial charge in [-0.15, -0.1) is 11.3 Å². The largest absolute Gasteiger partial charge is 0.352 e. The van der Waals surface area contributed by atoms with Gasteiger partial charge in [-0.25, -0.2) is 0 Å². The molecule has 1 aromatic heterocycles. The highest BCUT2D eigenvalue weighted by Gasteiger charge is 2.32. The van der Waals surface area contributed by atoms with Gasteiger partial charge in [0.1, 0.15) is 0 Å². The molecule has 2 saturated heterocycles. The average molecular weight is 397 g/mol. The van der Waals surface area contributed by atoms with Crippen LogP contribution < -0.4 is 5.32 Å². The van der Waals surface area contributed by atoms with E-state index in [9.17, 15) is 4.79 Å². The van der Waals surface area contributed by atoms with E-state index in [4.69, 9.17) is 11.6 Å². The SMILES string of the molecule is O=C(CN1CCN(Cc2ccc(Cl)s2)CC1)NC1CCN(C2CC2)CC1. The van der Waals surface area contributed by atoms with Crippen LogP contribution in [0.1, 0.15) is 30.6 Å². The van der Waals surface area contributed by atoms with Gasteiger partial charge in [0.25, 0.3) is 0 Å². The van der Waals surface area contributed by atoms with Crippen LogP contribution in [-0.2, 0) is 11.3 Å². The van der Waals surface area contributed by atoms with Crippen molar-refractivity contribution in [1.82, 2.24) is 20.0 Å². The van der Waals surface area contributed by atoms with Crippen molar-refractivity contribution in [2.75, 3.05) is 45.8 Å². The van der Waals surface area contributed by atoms with E-state index in [-0.39, 0.29) is 5.91 Å². The number of piperazine rings is 1. The lowest BCUT2D eigenvalue weighted by Gasteiger charge is -2.35. The van der Waals surface area contributed by atoms with Crippen molar-refractivity contribution >= 4 is 28.8 Å². The van der Waals surface area contributed by atoms with Gasteiger partial charge in [-0.05, 0) is 37.8 Å². The second-order valence-electron chi connectivity index (χ2n) is 7.87. The first-order chi connectivity index (χ1) is 12.7. The standard InChI is InChI=1S/C19H29ClN4OS/c20-18-4-3-17(26-18)13-22-9-11-23(12-10-22)14-19(25)21-15-5-7-24(8-6-15)16-1-2-16/h3-4,15-16H,1-2,5-14H2,(H,21,25). The summed E-state index contributed by atoms with van der Waals surface area (Å²) in [6, 6.07) is 5.31. The molecule has 4 rings (SSSR count). The number of nitrogens with zero attached hydrogens (tertiary/aromatic N) is 3. The van der Waals surface area contributed by atoms with E-state index in [0.717, 1.165) is 69.0 Å². The molecule has 1 saturated carbocycles. The maximum Gasteiger partial charge on any atom is 0.234 e. The van der Waals surface area contributed by atoms with E-state index in [1.54, 1.807) is 11.3 Å². The van der Waals surface area contributed by atoms with E-state index < -0.39 is 0 Å². The van der Waals surface area contributed by atoms with Gasteiger partial charge in [0.2, 0.25) is 5.91 Å². The fourth-order valence-electron chi connectivity index (χ4n) is 4.09. The lowest BCUT2D eigenvalue weighted by Crippen LogP contribution is -2.51. The van der Waals surface area contributed by atoms with Crippen molar-refractivity contribution in [2.24, 2.45) is 0 Å². The molecule has 1 aromatic rings. The molecule has 144 valence electrons. The van der Waals surface area contributed by atoms with Crippen LogP contribution in [0.15, 0.2) is 12.1 Å². The van der Waals surface area contributed by atoms with Gasteiger partial charge in [0.05, 0.1) is 10.9 Å². The molecule has 0 unspecified atom stereocenters. The van der Waals surface area contributed by atoms with Crippen LogP contribution in [-0.4, -0.2) is 78.5 Å². The lowest BCUT2D eigenvalue weighted by atomic mass is 10.0. The number of carbonyl (C=O) groups excluding carboxylic acids is 1. The van der Waals surface area contributed by atoms with E-state index in [1.807, 2.05) is 6.07 Å². The average Bonchev–Trinajstić information content (AvgIpc) is 3.40. The van der Waals surface area contributed by atoms with Crippen molar-refractivity contribution in [3.8, 4) is 0 Å². The Kier molecular flexibility index (Phi) is 6.16. The van der Waals surface area contributed by atoms with Gasteiger partial charge in [-0.1, -0.05) is 11.6 Å². The van der Waals surface area contributed by atoms with E-state index in [2.05, 4.69) is 26.1 Å². The molecule has 0 radical (unpaired) electrons. The Morgan fingerprint density at radius 3 is 2.35 bits per heavy atom. The summed E-state index contributed by atoms with van der Waals surface area (Å²) in [6.07, 6.45) is 4.98. The Bertz CT molecular complexity index is 604. The van der Waals surface area contributed by atoms with Crippen molar-refractivity contribution in [3.05, 3.63) is 21.3 Å². The monoisotopic (exact) mass is 396 g/mol. The summed E-state index contributed by atoms with van der Waals surface area (Å²) < 4.78 is 0.860. The van der Waals surface area contributed by atoms with E-state index in [0.29, 0.717) is 12.6 Å². The number of carbonyl (C=O) groups is 1. The molecule has 0 bridgehead atoms. The van der Waals surface area contributed by atoms with Crippen LogP contribution in [0.4, 0.5) is 0 Å². The first-order valence-electron chi connectivity index (χ1n) is 9.88. The summed E-state index contributed by atoms with van der Waals surface area (Å²) >= 11 is 7.67. The molecule has 2 aliphatic heterocycles. The molecule has 0 atom stereocenters. The molecule has 0 aromatic carbocycles. The summed E-state index contributed by atoms with van der Waals surface area (Å²) in [7, 11) is 0. The lowest BCUT2D eigenvalue weighted by molar-refractivity contribution is -0.123. The molecule has 26 heavy (non-hydrogen) atoms. The summed E-state index contributed by atoms with van der Waals surface area (Å²) in [4.78, 5) is 21.0. The smallest absolute Gasteiger partial charge is 0.234 e. The number of halogens is 1. The summed E-state index contributed by atoms with van der Waals surface area (Å²) in [5.74, 6) is 0.202. The van der Waals surface area contributed by atoms with E-state index >= 15 is 0 Å². The number of thiophene rings is 1. The number of piperidine rings is 1. The molecule has 1 N–H and O–H groups in total. The molecule has 1 aliphatic carbocycles. The number of likely N-dealkylation sites (tertiary alicyclic amines) is 1. The molecule has 7 heteroatoms. The maximum atomic E-state index is 12.4. The normalized spacial score (nSPS) is 24.0. The minimum Gasteiger partial charge on any atom is -0.352 e. The third-order valence-corrected chi connectivity index (χ3v) is 7.01. The highest BCUT2D eigenvalue weighted by molar-refractivity contribution is 7.16. The molecule has 3 aliphatic rings. The number of hydrogen-bond donors (Lipinski definition) is 1. The van der Waals surface area contributed by atoms with Crippen molar-refractivity contribution in [2.45, 2.75) is 44.3 Å². The molecular weight excluding hydrogens is 368 g/mol. The molecule has 3 heterocycles. The van der Waals surface area contributed by atoms with Crippen molar-refractivity contribution < 1.29 is 4.79 Å². The van der Waals surface area contributed by atoms with Crippen molar-refractivity contribution in [1.29, 1.82) is 0 Å². The molecule has 1 amide bonds. The topological polar surface area (TPSA) is 38.8 Å². The molecule has 3 fully saturated rings. The minimum absolute atomic E-state index is 0.202. The maximum absolute atomic E-state index is 12.4.